The summed E-state index contributed by atoms with van der Waals surface area (Å²) in [4.78, 5) is 0. The molecular weight excluding hydrogens is 272 g/mol. The van der Waals surface area contributed by atoms with Crippen LogP contribution in [0.1, 0.15) is 11.1 Å². The molecule has 2 aromatic carbocycles. The van der Waals surface area contributed by atoms with Gasteiger partial charge in [-0.1, -0.05) is 84.6 Å². The highest BCUT2D eigenvalue weighted by Gasteiger charge is 1.96. The Bertz CT molecular complexity index is 539. The molecule has 4 heteroatoms. The third kappa shape index (κ3) is 5.24. The molecular formula is C15H14N2S2. The van der Waals surface area contributed by atoms with Gasteiger partial charge in [0.15, 0.2) is 4.32 Å². The molecule has 0 fully saturated rings. The fraction of sp³-hybridized carbons (Fsp3) is 0.0667. The molecule has 0 spiro atoms. The molecule has 2 nitrogen and oxygen atoms in total. The average Bonchev–Trinajstić information content (AvgIpc) is 2.47. The molecule has 0 amide bonds. The van der Waals surface area contributed by atoms with Crippen molar-refractivity contribution in [1.29, 1.82) is 0 Å². The molecule has 0 saturated carbocycles. The Morgan fingerprint density at radius 1 is 1.05 bits per heavy atom. The fourth-order valence-electron chi connectivity index (χ4n) is 1.45. The van der Waals surface area contributed by atoms with Crippen molar-refractivity contribution in [2.24, 2.45) is 5.10 Å². The van der Waals surface area contributed by atoms with Crippen LogP contribution in [0.3, 0.4) is 0 Å². The van der Waals surface area contributed by atoms with E-state index in [2.05, 4.69) is 22.7 Å². The van der Waals surface area contributed by atoms with Gasteiger partial charge in [0, 0.05) is 5.75 Å². The summed E-state index contributed by atoms with van der Waals surface area (Å²) in [5.41, 5.74) is 5.17. The zero-order valence-corrected chi connectivity index (χ0v) is 12.0. The van der Waals surface area contributed by atoms with Crippen LogP contribution in [0.15, 0.2) is 65.8 Å². The number of nitrogens with one attached hydrogen (secondary N) is 1. The average molecular weight is 286 g/mol. The normalized spacial score (nSPS) is 10.5. The molecule has 0 aliphatic carbocycles. The van der Waals surface area contributed by atoms with Crippen molar-refractivity contribution in [1.82, 2.24) is 5.43 Å². The Kier molecular flexibility index (Phi) is 5.59. The summed E-state index contributed by atoms with van der Waals surface area (Å²) in [6.07, 6.45) is 1.76. The van der Waals surface area contributed by atoms with Gasteiger partial charge in [-0.2, -0.15) is 5.10 Å². The van der Waals surface area contributed by atoms with E-state index in [1.807, 2.05) is 48.5 Å². The van der Waals surface area contributed by atoms with E-state index in [0.29, 0.717) is 4.32 Å². The van der Waals surface area contributed by atoms with Gasteiger partial charge in [0.05, 0.1) is 6.21 Å². The van der Waals surface area contributed by atoms with E-state index < -0.39 is 0 Å². The first-order chi connectivity index (χ1) is 9.34. The lowest BCUT2D eigenvalue weighted by molar-refractivity contribution is 1.07. The standard InChI is InChI=1S/C15H14N2S2/c18-15(19-12-14-9-5-2-6-10-14)17-16-11-13-7-3-1-4-8-13/h1-11H,12H2,(H,17,18). The van der Waals surface area contributed by atoms with Gasteiger partial charge in [-0.3, -0.25) is 5.43 Å². The first-order valence-electron chi connectivity index (χ1n) is 5.89. The smallest absolute Gasteiger partial charge is 0.154 e. The SMILES string of the molecule is S=C(NN=Cc1ccccc1)SCc1ccccc1. The number of hydrogen-bond acceptors (Lipinski definition) is 3. The molecule has 1 N–H and O–H groups in total. The Morgan fingerprint density at radius 3 is 2.37 bits per heavy atom. The highest BCUT2D eigenvalue weighted by molar-refractivity contribution is 8.22. The van der Waals surface area contributed by atoms with Crippen LogP contribution in [0.5, 0.6) is 0 Å². The van der Waals surface area contributed by atoms with Crippen molar-refractivity contribution < 1.29 is 0 Å². The largest absolute Gasteiger partial charge is 0.262 e. The van der Waals surface area contributed by atoms with Crippen molar-refractivity contribution >= 4 is 34.5 Å². The van der Waals surface area contributed by atoms with E-state index in [0.717, 1.165) is 11.3 Å². The van der Waals surface area contributed by atoms with Gasteiger partial charge >= 0.3 is 0 Å². The lowest BCUT2D eigenvalue weighted by atomic mass is 10.2. The van der Waals surface area contributed by atoms with Crippen LogP contribution in [0.4, 0.5) is 0 Å². The van der Waals surface area contributed by atoms with Gasteiger partial charge in [0.2, 0.25) is 0 Å². The third-order valence-electron chi connectivity index (χ3n) is 2.38. The van der Waals surface area contributed by atoms with Gasteiger partial charge in [0.25, 0.3) is 0 Å². The molecule has 0 aliphatic heterocycles. The Morgan fingerprint density at radius 2 is 1.68 bits per heavy atom. The number of hydrazone groups is 1. The molecule has 2 aromatic rings. The fourth-order valence-corrected chi connectivity index (χ4v) is 2.29. The van der Waals surface area contributed by atoms with Crippen LogP contribution in [-0.4, -0.2) is 10.5 Å². The highest BCUT2D eigenvalue weighted by atomic mass is 32.2. The van der Waals surface area contributed by atoms with Gasteiger partial charge in [0.1, 0.15) is 0 Å². The summed E-state index contributed by atoms with van der Waals surface area (Å²) in [6.45, 7) is 0. The van der Waals surface area contributed by atoms with E-state index in [1.165, 1.54) is 5.56 Å². The number of nitrogens with zero attached hydrogens (tertiary/aromatic N) is 1. The summed E-state index contributed by atoms with van der Waals surface area (Å²) in [7, 11) is 0. The maximum Gasteiger partial charge on any atom is 0.154 e. The minimum absolute atomic E-state index is 0.677. The van der Waals surface area contributed by atoms with Crippen molar-refractivity contribution in [2.45, 2.75) is 5.75 Å². The lowest BCUT2D eigenvalue weighted by Crippen LogP contribution is -2.11. The molecule has 0 radical (unpaired) electrons. The zero-order chi connectivity index (χ0) is 13.3. The molecule has 0 heterocycles. The van der Waals surface area contributed by atoms with Crippen LogP contribution >= 0.6 is 24.0 Å². The maximum atomic E-state index is 5.21. The van der Waals surface area contributed by atoms with E-state index >= 15 is 0 Å². The van der Waals surface area contributed by atoms with Gasteiger partial charge in [-0.15, -0.1) is 0 Å². The van der Waals surface area contributed by atoms with Crippen LogP contribution in [0.2, 0.25) is 0 Å². The molecule has 0 aromatic heterocycles. The number of thioether (sulfide) groups is 1. The van der Waals surface area contributed by atoms with E-state index in [9.17, 15) is 0 Å². The second kappa shape index (κ2) is 7.71. The van der Waals surface area contributed by atoms with E-state index in [1.54, 1.807) is 18.0 Å². The molecule has 0 bridgehead atoms. The predicted molar refractivity (Wildman–Crippen MR) is 87.5 cm³/mol. The number of benzene rings is 2. The minimum Gasteiger partial charge on any atom is -0.262 e. The molecule has 0 aliphatic rings. The molecule has 0 atom stereocenters. The summed E-state index contributed by atoms with van der Waals surface area (Å²) >= 11 is 6.78. The maximum absolute atomic E-state index is 5.21. The molecule has 19 heavy (non-hydrogen) atoms. The Labute approximate surface area is 122 Å². The summed E-state index contributed by atoms with van der Waals surface area (Å²) < 4.78 is 0.677. The summed E-state index contributed by atoms with van der Waals surface area (Å²) in [5, 5.41) is 4.12. The molecule has 2 rings (SSSR count). The number of hydrogen-bond donors (Lipinski definition) is 1. The summed E-state index contributed by atoms with van der Waals surface area (Å²) in [5.74, 6) is 0.855. The first-order valence-corrected chi connectivity index (χ1v) is 7.29. The second-order valence-corrected chi connectivity index (χ2v) is 5.49. The third-order valence-corrected chi connectivity index (χ3v) is 3.66. The van der Waals surface area contributed by atoms with E-state index in [4.69, 9.17) is 12.2 Å². The van der Waals surface area contributed by atoms with Crippen LogP contribution < -0.4 is 5.43 Å². The van der Waals surface area contributed by atoms with Gasteiger partial charge in [-0.25, -0.2) is 0 Å². The second-order valence-electron chi connectivity index (χ2n) is 3.84. The van der Waals surface area contributed by atoms with Crippen molar-refractivity contribution in [3.8, 4) is 0 Å². The lowest BCUT2D eigenvalue weighted by Gasteiger charge is -2.02. The topological polar surface area (TPSA) is 24.4 Å². The molecule has 96 valence electrons. The van der Waals surface area contributed by atoms with Crippen LogP contribution in [0.25, 0.3) is 0 Å². The minimum atomic E-state index is 0.677. The first kappa shape index (κ1) is 13.8. The van der Waals surface area contributed by atoms with Crippen LogP contribution in [-0.2, 0) is 5.75 Å². The number of thiocarbonyl (C=S) groups is 1. The van der Waals surface area contributed by atoms with Gasteiger partial charge < -0.3 is 0 Å². The van der Waals surface area contributed by atoms with Crippen molar-refractivity contribution in [2.75, 3.05) is 0 Å². The highest BCUT2D eigenvalue weighted by Crippen LogP contribution is 2.12. The van der Waals surface area contributed by atoms with Crippen molar-refractivity contribution in [3.05, 3.63) is 71.8 Å². The van der Waals surface area contributed by atoms with Gasteiger partial charge in [-0.05, 0) is 11.1 Å². The Balaban J connectivity index is 1.75. The molecule has 0 unspecified atom stereocenters. The Hall–Kier alpha value is -1.65. The summed E-state index contributed by atoms with van der Waals surface area (Å²) in [6, 6.07) is 20.1. The van der Waals surface area contributed by atoms with E-state index in [-0.39, 0.29) is 0 Å². The molecule has 0 saturated heterocycles. The number of rotatable bonds is 4. The monoisotopic (exact) mass is 286 g/mol. The van der Waals surface area contributed by atoms with Crippen LogP contribution in [0, 0.1) is 0 Å². The van der Waals surface area contributed by atoms with Crippen molar-refractivity contribution in [3.63, 3.8) is 0 Å². The predicted octanol–water partition coefficient (Wildman–Crippen LogP) is 3.83. The zero-order valence-electron chi connectivity index (χ0n) is 10.3. The quantitative estimate of drug-likeness (QED) is 0.525.